The number of hydrogen-bond donors (Lipinski definition) is 2. The lowest BCUT2D eigenvalue weighted by Gasteiger charge is -2.09. The predicted octanol–water partition coefficient (Wildman–Crippen LogP) is 5.16. The highest BCUT2D eigenvalue weighted by molar-refractivity contribution is 7.13. The molecule has 170 valence electrons. The van der Waals surface area contributed by atoms with Crippen molar-refractivity contribution in [3.63, 3.8) is 0 Å². The molecule has 0 aliphatic rings. The van der Waals surface area contributed by atoms with Gasteiger partial charge in [0.1, 0.15) is 10.8 Å². The molecule has 4 rings (SSSR count). The Morgan fingerprint density at radius 1 is 1.18 bits per heavy atom. The number of thiazole rings is 1. The third-order valence-corrected chi connectivity index (χ3v) is 6.34. The first-order valence-corrected chi connectivity index (χ1v) is 11.4. The van der Waals surface area contributed by atoms with Crippen molar-refractivity contribution in [3.8, 4) is 16.3 Å². The summed E-state index contributed by atoms with van der Waals surface area (Å²) in [5.41, 5.74) is 10.4. The number of rotatable bonds is 7. The fourth-order valence-electron chi connectivity index (χ4n) is 3.55. The Morgan fingerprint density at radius 2 is 1.97 bits per heavy atom. The summed E-state index contributed by atoms with van der Waals surface area (Å²) in [6.07, 6.45) is -0.599. The van der Waals surface area contributed by atoms with Crippen LogP contribution in [0.3, 0.4) is 0 Å². The molecule has 4 aromatic rings. The lowest BCUT2D eigenvalue weighted by molar-refractivity contribution is 0.199. The zero-order chi connectivity index (χ0) is 23.4. The molecule has 2 heterocycles. The number of aromatic nitrogens is 2. The number of carbonyl (C=O) groups is 1. The van der Waals surface area contributed by atoms with E-state index in [0.29, 0.717) is 23.4 Å². The number of nitrogens with one attached hydrogen (secondary N) is 1. The summed E-state index contributed by atoms with van der Waals surface area (Å²) in [6, 6.07) is 16.6. The maximum absolute atomic E-state index is 13.9. The zero-order valence-electron chi connectivity index (χ0n) is 18.5. The Hall–Kier alpha value is -3.49. The van der Waals surface area contributed by atoms with Crippen molar-refractivity contribution in [2.24, 2.45) is 5.73 Å². The molecule has 0 aliphatic heterocycles. The molecule has 8 heteroatoms. The lowest BCUT2D eigenvalue weighted by atomic mass is 10.1. The minimum atomic E-state index is -0.599. The van der Waals surface area contributed by atoms with E-state index in [1.807, 2.05) is 55.6 Å². The molecule has 0 saturated carbocycles. The average Bonchev–Trinajstić information content (AvgIpc) is 3.39. The third kappa shape index (κ3) is 5.30. The van der Waals surface area contributed by atoms with E-state index in [9.17, 15) is 9.18 Å². The fourth-order valence-corrected chi connectivity index (χ4v) is 4.36. The number of carbonyl (C=O) groups excluding carboxylic acids is 1. The van der Waals surface area contributed by atoms with Gasteiger partial charge in [-0.3, -0.25) is 0 Å². The van der Waals surface area contributed by atoms with Crippen molar-refractivity contribution in [2.75, 3.05) is 0 Å². The van der Waals surface area contributed by atoms with E-state index in [2.05, 4.69) is 9.88 Å². The number of benzene rings is 2. The lowest BCUT2D eigenvalue weighted by Crippen LogP contribution is -2.26. The summed E-state index contributed by atoms with van der Waals surface area (Å²) < 4.78 is 21.4. The molecule has 33 heavy (non-hydrogen) atoms. The molecule has 6 nitrogen and oxygen atoms in total. The van der Waals surface area contributed by atoms with Crippen LogP contribution in [0.1, 0.15) is 28.2 Å². The highest BCUT2D eigenvalue weighted by Crippen LogP contribution is 2.27. The van der Waals surface area contributed by atoms with Gasteiger partial charge in [-0.25, -0.2) is 14.2 Å². The number of nitrogens with zero attached hydrogens (tertiary/aromatic N) is 2. The summed E-state index contributed by atoms with van der Waals surface area (Å²) in [7, 11) is 0. The van der Waals surface area contributed by atoms with Crippen LogP contribution in [0.25, 0.3) is 10.6 Å². The van der Waals surface area contributed by atoms with Gasteiger partial charge in [0.05, 0.1) is 17.9 Å². The molecular formula is C25H25FN4O2S. The van der Waals surface area contributed by atoms with Crippen molar-refractivity contribution in [3.05, 3.63) is 94.0 Å². The van der Waals surface area contributed by atoms with Gasteiger partial charge in [-0.1, -0.05) is 42.5 Å². The first-order chi connectivity index (χ1) is 15.9. The summed E-state index contributed by atoms with van der Waals surface area (Å²) in [5.74, 6) is 0.0966. The number of aryl methyl sites for hydroxylation is 1. The van der Waals surface area contributed by atoms with Gasteiger partial charge < -0.3 is 20.4 Å². The summed E-state index contributed by atoms with van der Waals surface area (Å²) in [6.45, 7) is 4.73. The molecule has 0 atom stereocenters. The van der Waals surface area contributed by atoms with Crippen LogP contribution in [-0.2, 0) is 19.6 Å². The van der Waals surface area contributed by atoms with E-state index in [1.165, 1.54) is 6.07 Å². The van der Waals surface area contributed by atoms with E-state index in [4.69, 9.17) is 15.5 Å². The molecule has 0 fully saturated rings. The molecular weight excluding hydrogens is 439 g/mol. The minimum absolute atomic E-state index is 0.131. The largest absolute Gasteiger partial charge is 0.412 e. The zero-order valence-corrected chi connectivity index (χ0v) is 19.3. The normalized spacial score (nSPS) is 10.9. The number of hydrogen-bond acceptors (Lipinski definition) is 5. The van der Waals surface area contributed by atoms with E-state index >= 15 is 0 Å². The van der Waals surface area contributed by atoms with Gasteiger partial charge in [0.2, 0.25) is 0 Å². The van der Waals surface area contributed by atoms with Gasteiger partial charge in [-0.05, 0) is 25.5 Å². The Bertz CT molecular complexity index is 1270. The molecule has 1 amide bonds. The first kappa shape index (κ1) is 22.7. The summed E-state index contributed by atoms with van der Waals surface area (Å²) >= 11 is 1.61. The molecule has 0 spiro atoms. The van der Waals surface area contributed by atoms with E-state index < -0.39 is 6.09 Å². The summed E-state index contributed by atoms with van der Waals surface area (Å²) in [5, 5.41) is 5.68. The standard InChI is InChI=1S/C25H25FN4O2S/c1-16-10-23(32-25(31)28-13-18-8-9-20(12-27)22(26)11-18)17(2)30(16)14-21-15-33-24(29-21)19-6-4-3-5-7-19/h3-11,15H,12-14,27H2,1-2H3,(H,28,31). The Balaban J connectivity index is 1.39. The third-order valence-electron chi connectivity index (χ3n) is 5.40. The smallest absolute Gasteiger partial charge is 0.408 e. The number of halogens is 1. The van der Waals surface area contributed by atoms with Crippen LogP contribution < -0.4 is 15.8 Å². The average molecular weight is 465 g/mol. The van der Waals surface area contributed by atoms with Crippen molar-refractivity contribution in [1.82, 2.24) is 14.9 Å². The van der Waals surface area contributed by atoms with Crippen molar-refractivity contribution >= 4 is 17.4 Å². The predicted molar refractivity (Wildman–Crippen MR) is 128 cm³/mol. The topological polar surface area (TPSA) is 82.2 Å². The fraction of sp³-hybridized carbons (Fsp3) is 0.200. The number of ether oxygens (including phenoxy) is 1. The van der Waals surface area contributed by atoms with Gasteiger partial charge in [0.15, 0.2) is 5.75 Å². The van der Waals surface area contributed by atoms with Gasteiger partial charge >= 0.3 is 6.09 Å². The van der Waals surface area contributed by atoms with Gasteiger partial charge in [-0.2, -0.15) is 0 Å². The number of nitrogens with two attached hydrogens (primary N) is 1. The molecule has 2 aromatic heterocycles. The van der Waals surface area contributed by atoms with Crippen molar-refractivity contribution in [1.29, 1.82) is 0 Å². The monoisotopic (exact) mass is 464 g/mol. The van der Waals surface area contributed by atoms with Crippen LogP contribution in [0, 0.1) is 19.7 Å². The molecule has 0 bridgehead atoms. The molecule has 0 unspecified atom stereocenters. The van der Waals surface area contributed by atoms with Gasteiger partial charge in [0.25, 0.3) is 0 Å². The first-order valence-electron chi connectivity index (χ1n) is 10.5. The molecule has 2 aromatic carbocycles. The Morgan fingerprint density at radius 3 is 2.70 bits per heavy atom. The molecule has 0 radical (unpaired) electrons. The van der Waals surface area contributed by atoms with E-state index in [0.717, 1.165) is 27.7 Å². The van der Waals surface area contributed by atoms with Crippen LogP contribution in [0.5, 0.6) is 5.75 Å². The maximum atomic E-state index is 13.9. The molecule has 0 saturated heterocycles. The second-order valence-electron chi connectivity index (χ2n) is 7.70. The second-order valence-corrected chi connectivity index (χ2v) is 8.56. The van der Waals surface area contributed by atoms with Crippen LogP contribution >= 0.6 is 11.3 Å². The Labute approximate surface area is 195 Å². The minimum Gasteiger partial charge on any atom is -0.408 e. The van der Waals surface area contributed by atoms with Gasteiger partial charge in [0, 0.05) is 41.4 Å². The maximum Gasteiger partial charge on any atom is 0.412 e. The molecule has 0 aliphatic carbocycles. The van der Waals surface area contributed by atoms with E-state index in [1.54, 1.807) is 23.5 Å². The highest BCUT2D eigenvalue weighted by Gasteiger charge is 2.15. The second kappa shape index (κ2) is 9.97. The van der Waals surface area contributed by atoms with Crippen LogP contribution in [0.15, 0.2) is 60.0 Å². The van der Waals surface area contributed by atoms with E-state index in [-0.39, 0.29) is 18.9 Å². The summed E-state index contributed by atoms with van der Waals surface area (Å²) in [4.78, 5) is 17.1. The number of amides is 1. The van der Waals surface area contributed by atoms with Crippen LogP contribution in [-0.4, -0.2) is 15.6 Å². The molecule has 3 N–H and O–H groups in total. The SMILES string of the molecule is Cc1cc(OC(=O)NCc2ccc(CN)c(F)c2)c(C)n1Cc1csc(-c2ccccc2)n1. The van der Waals surface area contributed by atoms with Crippen LogP contribution in [0.4, 0.5) is 9.18 Å². The van der Waals surface area contributed by atoms with Crippen molar-refractivity contribution < 1.29 is 13.9 Å². The van der Waals surface area contributed by atoms with Crippen LogP contribution in [0.2, 0.25) is 0 Å². The highest BCUT2D eigenvalue weighted by atomic mass is 32.1. The van der Waals surface area contributed by atoms with Gasteiger partial charge in [-0.15, -0.1) is 11.3 Å². The Kier molecular flexibility index (Phi) is 6.86. The van der Waals surface area contributed by atoms with Crippen molar-refractivity contribution in [2.45, 2.75) is 33.5 Å². The quantitative estimate of drug-likeness (QED) is 0.396.